The van der Waals surface area contributed by atoms with E-state index in [9.17, 15) is 9.18 Å². The predicted octanol–water partition coefficient (Wildman–Crippen LogP) is 3.01. The Morgan fingerprint density at radius 2 is 2.06 bits per heavy atom. The highest BCUT2D eigenvalue weighted by atomic mass is 79.9. The van der Waals surface area contributed by atoms with Crippen LogP contribution in [-0.4, -0.2) is 30.4 Å². The molecule has 0 unspecified atom stereocenters. The first-order valence-corrected chi connectivity index (χ1v) is 6.93. The Bertz CT molecular complexity index is 433. The fraction of sp³-hybridized carbons (Fsp3) is 0.462. The Morgan fingerprint density at radius 1 is 1.33 bits per heavy atom. The van der Waals surface area contributed by atoms with E-state index in [0.29, 0.717) is 10.2 Å². The molecule has 0 saturated carbocycles. The van der Waals surface area contributed by atoms with Crippen molar-refractivity contribution in [2.75, 3.05) is 25.0 Å². The van der Waals surface area contributed by atoms with Crippen LogP contribution in [0.4, 0.5) is 10.1 Å². The van der Waals surface area contributed by atoms with Crippen LogP contribution in [0, 0.1) is 5.82 Å². The molecular formula is C13H16BrFN2O. The maximum atomic E-state index is 13.5. The first-order valence-electron chi connectivity index (χ1n) is 6.13. The van der Waals surface area contributed by atoms with Gasteiger partial charge in [0.05, 0.1) is 12.2 Å². The fourth-order valence-corrected chi connectivity index (χ4v) is 2.39. The summed E-state index contributed by atoms with van der Waals surface area (Å²) < 4.78 is 14.2. The summed E-state index contributed by atoms with van der Waals surface area (Å²) in [4.78, 5) is 13.7. The number of hydrogen-bond acceptors (Lipinski definition) is 2. The third-order valence-corrected chi connectivity index (χ3v) is 3.56. The Labute approximate surface area is 114 Å². The number of hydrogen-bond donors (Lipinski definition) is 1. The number of likely N-dealkylation sites (tertiary alicyclic amines) is 1. The SMILES string of the molecule is O=C(CNc1ccc(Br)cc1F)N1CCCCC1. The number of nitrogens with one attached hydrogen (secondary N) is 1. The summed E-state index contributed by atoms with van der Waals surface area (Å²) in [6, 6.07) is 4.76. The minimum atomic E-state index is -0.351. The molecule has 2 rings (SSSR count). The molecule has 0 aromatic heterocycles. The molecule has 1 fully saturated rings. The van der Waals surface area contributed by atoms with Crippen LogP contribution in [0.3, 0.4) is 0 Å². The average Bonchev–Trinajstić information content (AvgIpc) is 2.38. The Morgan fingerprint density at radius 3 is 2.72 bits per heavy atom. The molecule has 3 nitrogen and oxygen atoms in total. The van der Waals surface area contributed by atoms with Crippen molar-refractivity contribution in [3.8, 4) is 0 Å². The minimum absolute atomic E-state index is 0.0389. The number of carbonyl (C=O) groups excluding carboxylic acids is 1. The van der Waals surface area contributed by atoms with E-state index >= 15 is 0 Å². The van der Waals surface area contributed by atoms with Gasteiger partial charge in [-0.2, -0.15) is 0 Å². The van der Waals surface area contributed by atoms with Crippen LogP contribution in [-0.2, 0) is 4.79 Å². The van der Waals surface area contributed by atoms with Gasteiger partial charge in [-0.1, -0.05) is 15.9 Å². The normalized spacial score (nSPS) is 15.6. The van der Waals surface area contributed by atoms with Gasteiger partial charge in [0.25, 0.3) is 0 Å². The van der Waals surface area contributed by atoms with E-state index in [4.69, 9.17) is 0 Å². The Balaban J connectivity index is 1.88. The van der Waals surface area contributed by atoms with Crippen LogP contribution in [0.2, 0.25) is 0 Å². The summed E-state index contributed by atoms with van der Waals surface area (Å²) in [5.74, 6) is -0.312. The van der Waals surface area contributed by atoms with Gasteiger partial charge in [-0.05, 0) is 37.5 Å². The molecule has 1 aromatic carbocycles. The van der Waals surface area contributed by atoms with E-state index < -0.39 is 0 Å². The molecular weight excluding hydrogens is 299 g/mol. The molecule has 18 heavy (non-hydrogen) atoms. The smallest absolute Gasteiger partial charge is 0.241 e. The standard InChI is InChI=1S/C13H16BrFN2O/c14-10-4-5-12(11(15)8-10)16-9-13(18)17-6-2-1-3-7-17/h4-5,8,16H,1-3,6-7,9H2. The molecule has 1 aliphatic heterocycles. The predicted molar refractivity (Wildman–Crippen MR) is 73.0 cm³/mol. The van der Waals surface area contributed by atoms with Crippen LogP contribution in [0.5, 0.6) is 0 Å². The number of rotatable bonds is 3. The molecule has 1 amide bonds. The molecule has 98 valence electrons. The van der Waals surface area contributed by atoms with Crippen LogP contribution in [0.1, 0.15) is 19.3 Å². The lowest BCUT2D eigenvalue weighted by atomic mass is 10.1. The summed E-state index contributed by atoms with van der Waals surface area (Å²) >= 11 is 3.20. The number of benzene rings is 1. The quantitative estimate of drug-likeness (QED) is 0.930. The topological polar surface area (TPSA) is 32.3 Å². The molecule has 1 aliphatic rings. The maximum absolute atomic E-state index is 13.5. The van der Waals surface area contributed by atoms with Gasteiger partial charge >= 0.3 is 0 Å². The number of piperidine rings is 1. The first kappa shape index (κ1) is 13.3. The number of amides is 1. The number of halogens is 2. The molecule has 5 heteroatoms. The van der Waals surface area contributed by atoms with Crippen LogP contribution in [0.15, 0.2) is 22.7 Å². The molecule has 1 saturated heterocycles. The molecule has 1 N–H and O–H groups in total. The third kappa shape index (κ3) is 3.45. The highest BCUT2D eigenvalue weighted by Crippen LogP contribution is 2.19. The zero-order valence-electron chi connectivity index (χ0n) is 10.1. The fourth-order valence-electron chi connectivity index (χ4n) is 2.06. The van der Waals surface area contributed by atoms with Crippen LogP contribution in [0.25, 0.3) is 0 Å². The zero-order chi connectivity index (χ0) is 13.0. The van der Waals surface area contributed by atoms with Gasteiger partial charge in [0, 0.05) is 17.6 Å². The number of nitrogens with zero attached hydrogens (tertiary/aromatic N) is 1. The van der Waals surface area contributed by atoms with Gasteiger partial charge in [0.15, 0.2) is 0 Å². The second kappa shape index (κ2) is 6.18. The van der Waals surface area contributed by atoms with Gasteiger partial charge in [0.1, 0.15) is 5.82 Å². The summed E-state index contributed by atoms with van der Waals surface area (Å²) in [5, 5.41) is 2.85. The van der Waals surface area contributed by atoms with E-state index in [1.807, 2.05) is 4.90 Å². The summed E-state index contributed by atoms with van der Waals surface area (Å²) in [7, 11) is 0. The van der Waals surface area contributed by atoms with Crippen molar-refractivity contribution in [1.29, 1.82) is 0 Å². The molecule has 0 spiro atoms. The third-order valence-electron chi connectivity index (χ3n) is 3.07. The molecule has 1 heterocycles. The Kier molecular flexibility index (Phi) is 4.58. The highest BCUT2D eigenvalue weighted by Gasteiger charge is 2.16. The van der Waals surface area contributed by atoms with Crippen molar-refractivity contribution in [3.63, 3.8) is 0 Å². The number of carbonyl (C=O) groups is 1. The highest BCUT2D eigenvalue weighted by molar-refractivity contribution is 9.10. The second-order valence-electron chi connectivity index (χ2n) is 4.42. The molecule has 0 aliphatic carbocycles. The monoisotopic (exact) mass is 314 g/mol. The lowest BCUT2D eigenvalue weighted by Gasteiger charge is -2.26. The van der Waals surface area contributed by atoms with E-state index in [0.717, 1.165) is 25.9 Å². The first-order chi connectivity index (χ1) is 8.66. The van der Waals surface area contributed by atoms with Crippen molar-refractivity contribution < 1.29 is 9.18 Å². The average molecular weight is 315 g/mol. The zero-order valence-corrected chi connectivity index (χ0v) is 11.7. The van der Waals surface area contributed by atoms with Gasteiger partial charge in [-0.3, -0.25) is 4.79 Å². The molecule has 0 radical (unpaired) electrons. The van der Waals surface area contributed by atoms with Gasteiger partial charge < -0.3 is 10.2 Å². The van der Waals surface area contributed by atoms with Crippen LogP contribution >= 0.6 is 15.9 Å². The Hall–Kier alpha value is -1.10. The second-order valence-corrected chi connectivity index (χ2v) is 5.33. The maximum Gasteiger partial charge on any atom is 0.241 e. The summed E-state index contributed by atoms with van der Waals surface area (Å²) in [6.07, 6.45) is 3.33. The van der Waals surface area contributed by atoms with Gasteiger partial charge in [-0.25, -0.2) is 4.39 Å². The summed E-state index contributed by atoms with van der Waals surface area (Å²) in [6.45, 7) is 1.80. The lowest BCUT2D eigenvalue weighted by Crippen LogP contribution is -2.39. The largest absolute Gasteiger partial charge is 0.374 e. The van der Waals surface area contributed by atoms with Crippen molar-refractivity contribution in [3.05, 3.63) is 28.5 Å². The van der Waals surface area contributed by atoms with Gasteiger partial charge in [-0.15, -0.1) is 0 Å². The van der Waals surface area contributed by atoms with Crippen LogP contribution < -0.4 is 5.32 Å². The summed E-state index contributed by atoms with van der Waals surface area (Å²) in [5.41, 5.74) is 0.364. The van der Waals surface area contributed by atoms with E-state index in [2.05, 4.69) is 21.2 Å². The van der Waals surface area contributed by atoms with E-state index in [1.165, 1.54) is 12.5 Å². The lowest BCUT2D eigenvalue weighted by molar-refractivity contribution is -0.130. The molecule has 1 aromatic rings. The van der Waals surface area contributed by atoms with E-state index in [-0.39, 0.29) is 18.3 Å². The van der Waals surface area contributed by atoms with E-state index in [1.54, 1.807) is 12.1 Å². The van der Waals surface area contributed by atoms with Crippen molar-refractivity contribution in [2.45, 2.75) is 19.3 Å². The van der Waals surface area contributed by atoms with Crippen molar-refractivity contribution in [2.24, 2.45) is 0 Å². The van der Waals surface area contributed by atoms with Crippen molar-refractivity contribution in [1.82, 2.24) is 4.90 Å². The molecule has 0 bridgehead atoms. The molecule has 0 atom stereocenters. The van der Waals surface area contributed by atoms with Gasteiger partial charge in [0.2, 0.25) is 5.91 Å². The number of anilines is 1. The minimum Gasteiger partial charge on any atom is -0.374 e. The van der Waals surface area contributed by atoms with Crippen molar-refractivity contribution >= 4 is 27.5 Å².